The summed E-state index contributed by atoms with van der Waals surface area (Å²) in [6, 6.07) is 2.44. The van der Waals surface area contributed by atoms with E-state index in [4.69, 9.17) is 5.26 Å². The number of rotatable bonds is 4. The molecule has 4 heteroatoms. The summed E-state index contributed by atoms with van der Waals surface area (Å²) in [5.41, 5.74) is -0.591. The highest BCUT2D eigenvalue weighted by atomic mass is 32.2. The van der Waals surface area contributed by atoms with Crippen molar-refractivity contribution in [3.63, 3.8) is 0 Å². The quantitative estimate of drug-likeness (QED) is 0.817. The van der Waals surface area contributed by atoms with Crippen molar-refractivity contribution in [2.24, 2.45) is 0 Å². The standard InChI is InChI=1S/C12H22N2OS/c1-4-11(2,15)10-14-7-5-12(9-13,16-3)6-8-14/h15H,4-8,10H2,1-3H3. The summed E-state index contributed by atoms with van der Waals surface area (Å²) in [5, 5.41) is 19.2. The van der Waals surface area contributed by atoms with Crippen LogP contribution in [0.15, 0.2) is 0 Å². The molecule has 0 saturated carbocycles. The predicted octanol–water partition coefficient (Wildman–Crippen LogP) is 1.87. The van der Waals surface area contributed by atoms with Gasteiger partial charge in [-0.3, -0.25) is 0 Å². The predicted molar refractivity (Wildman–Crippen MR) is 68.4 cm³/mol. The fourth-order valence-corrected chi connectivity index (χ4v) is 2.71. The summed E-state index contributed by atoms with van der Waals surface area (Å²) < 4.78 is -0.186. The molecular formula is C12H22N2OS. The molecule has 1 fully saturated rings. The van der Waals surface area contributed by atoms with E-state index in [2.05, 4.69) is 11.0 Å². The second-order valence-corrected chi connectivity index (χ2v) is 6.13. The van der Waals surface area contributed by atoms with Gasteiger partial charge in [0.25, 0.3) is 0 Å². The summed E-state index contributed by atoms with van der Waals surface area (Å²) in [5.74, 6) is 0. The minimum Gasteiger partial charge on any atom is -0.389 e. The van der Waals surface area contributed by atoms with Gasteiger partial charge >= 0.3 is 0 Å². The maximum absolute atomic E-state index is 10.0. The van der Waals surface area contributed by atoms with Crippen LogP contribution in [0.2, 0.25) is 0 Å². The Bertz CT molecular complexity index is 265. The van der Waals surface area contributed by atoms with Gasteiger partial charge in [-0.25, -0.2) is 0 Å². The number of hydrogen-bond acceptors (Lipinski definition) is 4. The maximum atomic E-state index is 10.0. The van der Waals surface area contributed by atoms with E-state index in [1.165, 1.54) is 0 Å². The van der Waals surface area contributed by atoms with E-state index in [1.807, 2.05) is 20.1 Å². The van der Waals surface area contributed by atoms with Crippen molar-refractivity contribution in [2.45, 2.75) is 43.5 Å². The van der Waals surface area contributed by atoms with Gasteiger partial charge in [-0.15, -0.1) is 11.8 Å². The third-order valence-corrected chi connectivity index (χ3v) is 4.87. The van der Waals surface area contributed by atoms with Crippen molar-refractivity contribution in [3.05, 3.63) is 0 Å². The molecule has 1 atom stereocenters. The molecule has 0 aliphatic carbocycles. The molecule has 1 heterocycles. The zero-order valence-corrected chi connectivity index (χ0v) is 11.3. The lowest BCUT2D eigenvalue weighted by Crippen LogP contribution is -2.47. The van der Waals surface area contributed by atoms with Crippen LogP contribution in [-0.2, 0) is 0 Å². The van der Waals surface area contributed by atoms with Gasteiger partial charge in [-0.1, -0.05) is 6.92 Å². The van der Waals surface area contributed by atoms with Crippen LogP contribution in [0.3, 0.4) is 0 Å². The van der Waals surface area contributed by atoms with Gasteiger partial charge in [-0.2, -0.15) is 5.26 Å². The molecule has 0 spiro atoms. The maximum Gasteiger partial charge on any atom is 0.104 e. The average molecular weight is 242 g/mol. The largest absolute Gasteiger partial charge is 0.389 e. The molecule has 92 valence electrons. The molecule has 1 unspecified atom stereocenters. The van der Waals surface area contributed by atoms with Crippen LogP contribution in [0.25, 0.3) is 0 Å². The second-order valence-electron chi connectivity index (χ2n) is 4.94. The van der Waals surface area contributed by atoms with Gasteiger partial charge in [0.15, 0.2) is 0 Å². The summed E-state index contributed by atoms with van der Waals surface area (Å²) >= 11 is 1.67. The van der Waals surface area contributed by atoms with E-state index >= 15 is 0 Å². The number of hydrogen-bond donors (Lipinski definition) is 1. The molecule has 0 radical (unpaired) electrons. The first-order chi connectivity index (χ1) is 7.47. The Morgan fingerprint density at radius 2 is 2.06 bits per heavy atom. The van der Waals surface area contributed by atoms with Crippen LogP contribution < -0.4 is 0 Å². The number of piperidine rings is 1. The molecule has 1 N–H and O–H groups in total. The lowest BCUT2D eigenvalue weighted by atomic mass is 9.95. The Hall–Kier alpha value is -0.240. The SMILES string of the molecule is CCC(C)(O)CN1CCC(C#N)(SC)CC1. The number of aliphatic hydroxyl groups is 1. The van der Waals surface area contributed by atoms with Crippen molar-refractivity contribution in [3.8, 4) is 6.07 Å². The fourth-order valence-electron chi connectivity index (χ4n) is 2.03. The van der Waals surface area contributed by atoms with Crippen molar-refractivity contribution in [2.75, 3.05) is 25.9 Å². The molecule has 1 saturated heterocycles. The van der Waals surface area contributed by atoms with E-state index in [0.29, 0.717) is 0 Å². The molecule has 3 nitrogen and oxygen atoms in total. The topological polar surface area (TPSA) is 47.3 Å². The van der Waals surface area contributed by atoms with Crippen molar-refractivity contribution in [1.29, 1.82) is 5.26 Å². The molecule has 16 heavy (non-hydrogen) atoms. The van der Waals surface area contributed by atoms with Gasteiger partial charge in [0.2, 0.25) is 0 Å². The van der Waals surface area contributed by atoms with Crippen LogP contribution in [0.4, 0.5) is 0 Å². The van der Waals surface area contributed by atoms with Gasteiger partial charge in [-0.05, 0) is 32.4 Å². The number of thioether (sulfide) groups is 1. The minimum absolute atomic E-state index is 0.186. The Labute approximate surface area is 103 Å². The van der Waals surface area contributed by atoms with Crippen LogP contribution in [-0.4, -0.2) is 46.2 Å². The zero-order valence-electron chi connectivity index (χ0n) is 10.5. The monoisotopic (exact) mass is 242 g/mol. The Morgan fingerprint density at radius 1 is 1.50 bits per heavy atom. The summed E-state index contributed by atoms with van der Waals surface area (Å²) in [4.78, 5) is 2.27. The first-order valence-electron chi connectivity index (χ1n) is 5.88. The highest BCUT2D eigenvalue weighted by Crippen LogP contribution is 2.34. The van der Waals surface area contributed by atoms with Crippen LogP contribution in [0.5, 0.6) is 0 Å². The van der Waals surface area contributed by atoms with Crippen molar-refractivity contribution in [1.82, 2.24) is 4.90 Å². The molecule has 0 amide bonds. The number of nitrogens with zero attached hydrogens (tertiary/aromatic N) is 2. The third-order valence-electron chi connectivity index (χ3n) is 3.58. The normalized spacial score (nSPS) is 24.7. The Balaban J connectivity index is 2.47. The van der Waals surface area contributed by atoms with Crippen molar-refractivity contribution < 1.29 is 5.11 Å². The summed E-state index contributed by atoms with van der Waals surface area (Å²) in [6.45, 7) is 6.45. The smallest absolute Gasteiger partial charge is 0.104 e. The molecule has 0 aromatic heterocycles. The lowest BCUT2D eigenvalue weighted by molar-refractivity contribution is 0.0101. The van der Waals surface area contributed by atoms with E-state index in [1.54, 1.807) is 11.8 Å². The van der Waals surface area contributed by atoms with Crippen molar-refractivity contribution >= 4 is 11.8 Å². The summed E-state index contributed by atoms with van der Waals surface area (Å²) in [7, 11) is 0. The Kier molecular flexibility index (Phi) is 4.66. The number of likely N-dealkylation sites (tertiary alicyclic amines) is 1. The minimum atomic E-state index is -0.591. The number of nitriles is 1. The molecular weight excluding hydrogens is 220 g/mol. The van der Waals surface area contributed by atoms with Crippen LogP contribution in [0.1, 0.15) is 33.1 Å². The van der Waals surface area contributed by atoms with Crippen LogP contribution in [0, 0.1) is 11.3 Å². The first-order valence-corrected chi connectivity index (χ1v) is 7.10. The fraction of sp³-hybridized carbons (Fsp3) is 0.917. The average Bonchev–Trinajstić information content (AvgIpc) is 2.30. The Morgan fingerprint density at radius 3 is 2.44 bits per heavy atom. The molecule has 0 aromatic carbocycles. The van der Waals surface area contributed by atoms with Gasteiger partial charge in [0, 0.05) is 19.6 Å². The highest BCUT2D eigenvalue weighted by molar-refractivity contribution is 8.00. The zero-order chi connectivity index (χ0) is 12.2. The lowest BCUT2D eigenvalue weighted by Gasteiger charge is -2.39. The highest BCUT2D eigenvalue weighted by Gasteiger charge is 2.35. The van der Waals surface area contributed by atoms with Gasteiger partial charge in [0.05, 0.1) is 11.7 Å². The van der Waals surface area contributed by atoms with Gasteiger partial charge in [0.1, 0.15) is 4.75 Å². The molecule has 1 rings (SSSR count). The van der Waals surface area contributed by atoms with E-state index in [-0.39, 0.29) is 4.75 Å². The number of β-amino-alcohol motifs (C(OH)–C–C–N with tert-alkyl or cyclic N) is 1. The van der Waals surface area contributed by atoms with E-state index < -0.39 is 5.60 Å². The molecule has 1 aliphatic rings. The molecule has 0 bridgehead atoms. The molecule has 0 aromatic rings. The third kappa shape index (κ3) is 3.38. The van der Waals surface area contributed by atoms with E-state index in [0.717, 1.165) is 38.9 Å². The van der Waals surface area contributed by atoms with Crippen LogP contribution >= 0.6 is 11.8 Å². The van der Waals surface area contributed by atoms with Gasteiger partial charge < -0.3 is 10.0 Å². The first kappa shape index (κ1) is 13.8. The second kappa shape index (κ2) is 5.39. The molecule has 1 aliphatic heterocycles. The van der Waals surface area contributed by atoms with E-state index in [9.17, 15) is 5.11 Å². The summed E-state index contributed by atoms with van der Waals surface area (Å²) in [6.07, 6.45) is 4.60.